The largest absolute Gasteiger partial charge is 0.465 e. The van der Waals surface area contributed by atoms with Crippen molar-refractivity contribution in [3.8, 4) is 0 Å². The SMILES string of the molecule is COC(=O)c1ccc(CN=C(C)C)cc1. The molecule has 1 rings (SSSR count). The molecule has 1 aromatic rings. The molecule has 0 bridgehead atoms. The van der Waals surface area contributed by atoms with Gasteiger partial charge >= 0.3 is 5.97 Å². The first-order chi connectivity index (χ1) is 7.13. The van der Waals surface area contributed by atoms with Crippen molar-refractivity contribution in [3.05, 3.63) is 35.4 Å². The number of aliphatic imine (C=N–C) groups is 1. The van der Waals surface area contributed by atoms with Gasteiger partial charge in [-0.15, -0.1) is 0 Å². The number of esters is 1. The molecule has 0 aromatic heterocycles. The van der Waals surface area contributed by atoms with E-state index in [4.69, 9.17) is 0 Å². The highest BCUT2D eigenvalue weighted by molar-refractivity contribution is 5.89. The summed E-state index contributed by atoms with van der Waals surface area (Å²) in [5.74, 6) is -0.309. The molecule has 0 saturated carbocycles. The summed E-state index contributed by atoms with van der Waals surface area (Å²) in [6, 6.07) is 7.28. The molecule has 0 heterocycles. The molecule has 0 atom stereocenters. The van der Waals surface area contributed by atoms with Gasteiger partial charge in [0.05, 0.1) is 19.2 Å². The Labute approximate surface area is 89.8 Å². The number of hydrogen-bond donors (Lipinski definition) is 0. The van der Waals surface area contributed by atoms with E-state index in [-0.39, 0.29) is 5.97 Å². The second kappa shape index (κ2) is 5.29. The molecule has 1 aromatic carbocycles. The van der Waals surface area contributed by atoms with E-state index in [1.807, 2.05) is 26.0 Å². The third-order valence-electron chi connectivity index (χ3n) is 1.95. The number of nitrogens with zero attached hydrogens (tertiary/aromatic N) is 1. The molecule has 0 N–H and O–H groups in total. The Balaban J connectivity index is 2.72. The van der Waals surface area contributed by atoms with Gasteiger partial charge in [0.1, 0.15) is 0 Å². The third kappa shape index (κ3) is 3.54. The van der Waals surface area contributed by atoms with Crippen LogP contribution in [0.2, 0.25) is 0 Å². The van der Waals surface area contributed by atoms with Crippen molar-refractivity contribution in [2.45, 2.75) is 20.4 Å². The lowest BCUT2D eigenvalue weighted by molar-refractivity contribution is 0.0600. The van der Waals surface area contributed by atoms with Crippen LogP contribution in [0.4, 0.5) is 0 Å². The predicted molar refractivity (Wildman–Crippen MR) is 60.3 cm³/mol. The zero-order valence-electron chi connectivity index (χ0n) is 9.28. The molecule has 0 radical (unpaired) electrons. The first-order valence-electron chi connectivity index (χ1n) is 4.78. The van der Waals surface area contributed by atoms with E-state index in [9.17, 15) is 4.79 Å². The fourth-order valence-corrected chi connectivity index (χ4v) is 1.11. The second-order valence-corrected chi connectivity index (χ2v) is 3.45. The van der Waals surface area contributed by atoms with Gasteiger partial charge in [-0.1, -0.05) is 12.1 Å². The monoisotopic (exact) mass is 205 g/mol. The van der Waals surface area contributed by atoms with Crippen molar-refractivity contribution >= 4 is 11.7 Å². The summed E-state index contributed by atoms with van der Waals surface area (Å²) in [5.41, 5.74) is 2.70. The van der Waals surface area contributed by atoms with Crippen molar-refractivity contribution in [2.75, 3.05) is 7.11 Å². The molecule has 0 aliphatic rings. The van der Waals surface area contributed by atoms with E-state index >= 15 is 0 Å². The van der Waals surface area contributed by atoms with E-state index < -0.39 is 0 Å². The lowest BCUT2D eigenvalue weighted by Gasteiger charge is -2.00. The van der Waals surface area contributed by atoms with Crippen LogP contribution < -0.4 is 0 Å². The average Bonchev–Trinajstić information content (AvgIpc) is 2.26. The van der Waals surface area contributed by atoms with Gasteiger partial charge in [0.15, 0.2) is 0 Å². The van der Waals surface area contributed by atoms with Crippen LogP contribution in [-0.2, 0) is 11.3 Å². The van der Waals surface area contributed by atoms with Crippen LogP contribution in [0.1, 0.15) is 29.8 Å². The van der Waals surface area contributed by atoms with Gasteiger partial charge in [-0.25, -0.2) is 4.79 Å². The Morgan fingerprint density at radius 2 is 1.87 bits per heavy atom. The number of hydrogen-bond acceptors (Lipinski definition) is 3. The summed E-state index contributed by atoms with van der Waals surface area (Å²) in [6.45, 7) is 4.58. The Bertz CT molecular complexity index is 362. The molecule has 0 unspecified atom stereocenters. The molecule has 0 fully saturated rings. The summed E-state index contributed by atoms with van der Waals surface area (Å²) < 4.78 is 4.61. The van der Waals surface area contributed by atoms with Crippen LogP contribution in [-0.4, -0.2) is 18.8 Å². The Kier molecular flexibility index (Phi) is 4.03. The molecule has 0 amide bonds. The topological polar surface area (TPSA) is 38.7 Å². The standard InChI is InChI=1S/C12H15NO2/c1-9(2)13-8-10-4-6-11(7-5-10)12(14)15-3/h4-7H,8H2,1-3H3. The molecule has 0 saturated heterocycles. The zero-order valence-corrected chi connectivity index (χ0v) is 9.28. The highest BCUT2D eigenvalue weighted by Gasteiger charge is 2.03. The van der Waals surface area contributed by atoms with E-state index in [2.05, 4.69) is 9.73 Å². The summed E-state index contributed by atoms with van der Waals surface area (Å²) in [5, 5.41) is 0. The molecular formula is C12H15NO2. The van der Waals surface area contributed by atoms with Crippen molar-refractivity contribution in [1.29, 1.82) is 0 Å². The average molecular weight is 205 g/mol. The molecule has 0 spiro atoms. The van der Waals surface area contributed by atoms with E-state index in [0.717, 1.165) is 11.3 Å². The highest BCUT2D eigenvalue weighted by atomic mass is 16.5. The fourth-order valence-electron chi connectivity index (χ4n) is 1.11. The van der Waals surface area contributed by atoms with Gasteiger partial charge in [-0.05, 0) is 31.5 Å². The van der Waals surface area contributed by atoms with Crippen molar-refractivity contribution in [1.82, 2.24) is 0 Å². The number of carbonyl (C=O) groups is 1. The van der Waals surface area contributed by atoms with Crippen LogP contribution in [0.3, 0.4) is 0 Å². The van der Waals surface area contributed by atoms with Gasteiger partial charge in [0.2, 0.25) is 0 Å². The number of methoxy groups -OCH3 is 1. The molecular weight excluding hydrogens is 190 g/mol. The number of ether oxygens (including phenoxy) is 1. The molecule has 0 aliphatic carbocycles. The quantitative estimate of drug-likeness (QED) is 0.561. The minimum atomic E-state index is -0.309. The number of benzene rings is 1. The normalized spacial score (nSPS) is 9.53. The lowest BCUT2D eigenvalue weighted by atomic mass is 10.1. The van der Waals surface area contributed by atoms with Crippen molar-refractivity contribution in [2.24, 2.45) is 4.99 Å². The number of rotatable bonds is 3. The van der Waals surface area contributed by atoms with Crippen LogP contribution in [0.25, 0.3) is 0 Å². The highest BCUT2D eigenvalue weighted by Crippen LogP contribution is 2.06. The van der Waals surface area contributed by atoms with Crippen molar-refractivity contribution < 1.29 is 9.53 Å². The van der Waals surface area contributed by atoms with Crippen LogP contribution in [0, 0.1) is 0 Å². The molecule has 80 valence electrons. The first-order valence-corrected chi connectivity index (χ1v) is 4.78. The van der Waals surface area contributed by atoms with Crippen LogP contribution in [0.15, 0.2) is 29.3 Å². The molecule has 3 heteroatoms. The minimum absolute atomic E-state index is 0.309. The zero-order chi connectivity index (χ0) is 11.3. The Morgan fingerprint density at radius 1 is 1.27 bits per heavy atom. The van der Waals surface area contributed by atoms with Crippen molar-refractivity contribution in [3.63, 3.8) is 0 Å². The first kappa shape index (κ1) is 11.4. The van der Waals surface area contributed by atoms with Gasteiger partial charge in [0, 0.05) is 5.71 Å². The maximum absolute atomic E-state index is 11.1. The Hall–Kier alpha value is -1.64. The Morgan fingerprint density at radius 3 is 2.33 bits per heavy atom. The third-order valence-corrected chi connectivity index (χ3v) is 1.95. The summed E-state index contributed by atoms with van der Waals surface area (Å²) in [4.78, 5) is 15.4. The smallest absolute Gasteiger partial charge is 0.337 e. The van der Waals surface area contributed by atoms with Gasteiger partial charge < -0.3 is 4.74 Å². The van der Waals surface area contributed by atoms with E-state index in [1.165, 1.54) is 7.11 Å². The number of carbonyl (C=O) groups excluding carboxylic acids is 1. The van der Waals surface area contributed by atoms with Crippen LogP contribution in [0.5, 0.6) is 0 Å². The molecule has 15 heavy (non-hydrogen) atoms. The van der Waals surface area contributed by atoms with E-state index in [1.54, 1.807) is 12.1 Å². The summed E-state index contributed by atoms with van der Waals surface area (Å²) >= 11 is 0. The lowest BCUT2D eigenvalue weighted by Crippen LogP contribution is -2.00. The molecule has 3 nitrogen and oxygen atoms in total. The summed E-state index contributed by atoms with van der Waals surface area (Å²) in [6.07, 6.45) is 0. The maximum atomic E-state index is 11.1. The fraction of sp³-hybridized carbons (Fsp3) is 0.333. The maximum Gasteiger partial charge on any atom is 0.337 e. The minimum Gasteiger partial charge on any atom is -0.465 e. The summed E-state index contributed by atoms with van der Waals surface area (Å²) in [7, 11) is 1.38. The van der Waals surface area contributed by atoms with Crippen LogP contribution >= 0.6 is 0 Å². The molecule has 0 aliphatic heterocycles. The van der Waals surface area contributed by atoms with Gasteiger partial charge in [0.25, 0.3) is 0 Å². The predicted octanol–water partition coefficient (Wildman–Crippen LogP) is 2.45. The second-order valence-electron chi connectivity index (χ2n) is 3.45. The van der Waals surface area contributed by atoms with Gasteiger partial charge in [-0.2, -0.15) is 0 Å². The van der Waals surface area contributed by atoms with Gasteiger partial charge in [-0.3, -0.25) is 4.99 Å². The van der Waals surface area contributed by atoms with E-state index in [0.29, 0.717) is 12.1 Å².